The molecule has 3 aromatic rings. The fourth-order valence-electron chi connectivity index (χ4n) is 2.33. The van der Waals surface area contributed by atoms with Gasteiger partial charge in [0.2, 0.25) is 0 Å². The van der Waals surface area contributed by atoms with Crippen LogP contribution in [0.25, 0.3) is 0 Å². The van der Waals surface area contributed by atoms with E-state index in [2.05, 4.69) is 42.5 Å². The second kappa shape index (κ2) is 8.62. The third-order valence-electron chi connectivity index (χ3n) is 3.58. The lowest BCUT2D eigenvalue weighted by atomic mass is 10.1. The predicted molar refractivity (Wildman–Crippen MR) is 112 cm³/mol. The average molecular weight is 494 g/mol. The van der Waals surface area contributed by atoms with Gasteiger partial charge >= 0.3 is 0 Å². The second-order valence-electron chi connectivity index (χ2n) is 5.39. The molecule has 1 heterocycles. The van der Waals surface area contributed by atoms with Crippen LogP contribution >= 0.6 is 43.2 Å². The Morgan fingerprint density at radius 3 is 2.31 bits per heavy atom. The molecule has 0 aliphatic heterocycles. The summed E-state index contributed by atoms with van der Waals surface area (Å²) in [5.74, 6) is -0.516. The number of rotatable bonds is 5. The van der Waals surface area contributed by atoms with E-state index in [4.69, 9.17) is 0 Å². The van der Waals surface area contributed by atoms with Crippen molar-refractivity contribution in [3.05, 3.63) is 84.9 Å². The topological polar surface area (TPSA) is 58.2 Å². The highest BCUT2D eigenvalue weighted by molar-refractivity contribution is 9.10. The molecule has 0 saturated carbocycles. The maximum Gasteiger partial charge on any atom is 0.256 e. The second-order valence-corrected chi connectivity index (χ2v) is 8.16. The van der Waals surface area contributed by atoms with E-state index in [9.17, 15) is 9.59 Å². The molecule has 1 aromatic heterocycles. The zero-order valence-electron chi connectivity index (χ0n) is 13.5. The van der Waals surface area contributed by atoms with Gasteiger partial charge in [-0.05, 0) is 62.2 Å². The molecule has 0 atom stereocenters. The third kappa shape index (κ3) is 4.60. The van der Waals surface area contributed by atoms with Gasteiger partial charge in [0, 0.05) is 19.2 Å². The largest absolute Gasteiger partial charge is 0.347 e. The van der Waals surface area contributed by atoms with Crippen molar-refractivity contribution in [1.29, 1.82) is 0 Å². The Bertz CT molecular complexity index is 956. The van der Waals surface area contributed by atoms with E-state index in [0.29, 0.717) is 27.8 Å². The van der Waals surface area contributed by atoms with Crippen LogP contribution in [-0.2, 0) is 6.54 Å². The van der Waals surface area contributed by atoms with E-state index in [1.165, 1.54) is 0 Å². The third-order valence-corrected chi connectivity index (χ3v) is 5.97. The Kier molecular flexibility index (Phi) is 6.24. The van der Waals surface area contributed by atoms with E-state index in [-0.39, 0.29) is 11.8 Å². The predicted octanol–water partition coefficient (Wildman–Crippen LogP) is 5.46. The van der Waals surface area contributed by atoms with Gasteiger partial charge in [0.15, 0.2) is 0 Å². The minimum Gasteiger partial charge on any atom is -0.347 e. The zero-order valence-corrected chi connectivity index (χ0v) is 17.4. The summed E-state index contributed by atoms with van der Waals surface area (Å²) in [6.07, 6.45) is 0. The number of amides is 2. The van der Waals surface area contributed by atoms with E-state index in [1.807, 2.05) is 17.5 Å². The molecule has 7 heteroatoms. The summed E-state index contributed by atoms with van der Waals surface area (Å²) in [6.45, 7) is 0.432. The number of benzene rings is 2. The van der Waals surface area contributed by atoms with Crippen molar-refractivity contribution in [3.8, 4) is 0 Å². The van der Waals surface area contributed by atoms with Crippen LogP contribution in [0.5, 0.6) is 0 Å². The minimum absolute atomic E-state index is 0.238. The molecule has 26 heavy (non-hydrogen) atoms. The lowest BCUT2D eigenvalue weighted by Crippen LogP contribution is -2.24. The molecule has 3 rings (SSSR count). The Morgan fingerprint density at radius 1 is 0.923 bits per heavy atom. The first-order valence-electron chi connectivity index (χ1n) is 7.70. The molecule has 4 nitrogen and oxygen atoms in total. The first-order valence-corrected chi connectivity index (χ1v) is 10.2. The standard InChI is InChI=1S/C19H14Br2N2O2S/c20-12-9-13(26-11-12)10-22-18(24)15-6-2-4-8-17(15)23-19(25)14-5-1-3-7-16(14)21/h1-9,11H,10H2,(H,22,24)(H,23,25). The van der Waals surface area contributed by atoms with Gasteiger partial charge in [0.25, 0.3) is 11.8 Å². The van der Waals surface area contributed by atoms with Crippen LogP contribution in [0, 0.1) is 0 Å². The van der Waals surface area contributed by atoms with Crippen LogP contribution < -0.4 is 10.6 Å². The molecule has 2 aromatic carbocycles. The smallest absolute Gasteiger partial charge is 0.256 e. The SMILES string of the molecule is O=C(Nc1ccccc1C(=O)NCc1cc(Br)cs1)c1ccccc1Br. The number of hydrogen-bond acceptors (Lipinski definition) is 3. The van der Waals surface area contributed by atoms with Crippen molar-refractivity contribution in [2.75, 3.05) is 5.32 Å². The molecule has 0 bridgehead atoms. The van der Waals surface area contributed by atoms with E-state index < -0.39 is 0 Å². The average Bonchev–Trinajstić information content (AvgIpc) is 3.06. The highest BCUT2D eigenvalue weighted by Crippen LogP contribution is 2.22. The lowest BCUT2D eigenvalue weighted by molar-refractivity contribution is 0.0952. The highest BCUT2D eigenvalue weighted by Gasteiger charge is 2.15. The van der Waals surface area contributed by atoms with Gasteiger partial charge < -0.3 is 10.6 Å². The quantitative estimate of drug-likeness (QED) is 0.496. The molecule has 0 fully saturated rings. The summed E-state index contributed by atoms with van der Waals surface area (Å²) in [5, 5.41) is 7.67. The molecule has 0 spiro atoms. The van der Waals surface area contributed by atoms with Crippen molar-refractivity contribution in [2.24, 2.45) is 0 Å². The summed E-state index contributed by atoms with van der Waals surface area (Å²) < 4.78 is 1.69. The van der Waals surface area contributed by atoms with Gasteiger partial charge in [-0.15, -0.1) is 11.3 Å². The Hall–Kier alpha value is -1.96. The summed E-state index contributed by atoms with van der Waals surface area (Å²) in [5.41, 5.74) is 1.40. The molecule has 0 aliphatic rings. The van der Waals surface area contributed by atoms with Gasteiger partial charge in [-0.25, -0.2) is 0 Å². The molecule has 2 amide bonds. The number of para-hydroxylation sites is 1. The van der Waals surface area contributed by atoms with E-state index in [0.717, 1.165) is 9.35 Å². The fraction of sp³-hybridized carbons (Fsp3) is 0.0526. The molecule has 0 unspecified atom stereocenters. The molecule has 0 saturated heterocycles. The Morgan fingerprint density at radius 2 is 1.62 bits per heavy atom. The van der Waals surface area contributed by atoms with E-state index in [1.54, 1.807) is 53.8 Å². The van der Waals surface area contributed by atoms with Gasteiger partial charge in [-0.3, -0.25) is 9.59 Å². The van der Waals surface area contributed by atoms with Crippen LogP contribution in [-0.4, -0.2) is 11.8 Å². The minimum atomic E-state index is -0.278. The lowest BCUT2D eigenvalue weighted by Gasteiger charge is -2.12. The van der Waals surface area contributed by atoms with Crippen LogP contribution in [0.3, 0.4) is 0 Å². The van der Waals surface area contributed by atoms with Crippen LogP contribution in [0.1, 0.15) is 25.6 Å². The van der Waals surface area contributed by atoms with Crippen molar-refractivity contribution in [2.45, 2.75) is 6.54 Å². The number of thiophene rings is 1. The van der Waals surface area contributed by atoms with Crippen molar-refractivity contribution < 1.29 is 9.59 Å². The Labute approximate surface area is 171 Å². The summed E-state index contributed by atoms with van der Waals surface area (Å²) in [7, 11) is 0. The van der Waals surface area contributed by atoms with Gasteiger partial charge in [0.1, 0.15) is 0 Å². The normalized spacial score (nSPS) is 10.4. The number of carbonyl (C=O) groups is 2. The van der Waals surface area contributed by atoms with Crippen LogP contribution in [0.4, 0.5) is 5.69 Å². The summed E-state index contributed by atoms with van der Waals surface area (Å²) >= 11 is 8.33. The molecular weight excluding hydrogens is 480 g/mol. The monoisotopic (exact) mass is 492 g/mol. The molecular formula is C19H14Br2N2O2S. The Balaban J connectivity index is 1.74. The van der Waals surface area contributed by atoms with Crippen molar-refractivity contribution in [1.82, 2.24) is 5.32 Å². The number of nitrogens with one attached hydrogen (secondary N) is 2. The number of anilines is 1. The maximum absolute atomic E-state index is 12.6. The zero-order chi connectivity index (χ0) is 18.5. The molecule has 2 N–H and O–H groups in total. The highest BCUT2D eigenvalue weighted by atomic mass is 79.9. The van der Waals surface area contributed by atoms with Crippen LogP contribution in [0.15, 0.2) is 68.9 Å². The summed E-state index contributed by atoms with van der Waals surface area (Å²) in [4.78, 5) is 26.1. The van der Waals surface area contributed by atoms with Crippen molar-refractivity contribution in [3.63, 3.8) is 0 Å². The number of hydrogen-bond donors (Lipinski definition) is 2. The molecule has 132 valence electrons. The first kappa shape index (κ1) is 18.8. The van der Waals surface area contributed by atoms with Crippen molar-refractivity contribution >= 4 is 60.7 Å². The van der Waals surface area contributed by atoms with Gasteiger partial charge in [-0.1, -0.05) is 24.3 Å². The summed E-state index contributed by atoms with van der Waals surface area (Å²) in [6, 6.07) is 16.1. The number of carbonyl (C=O) groups excluding carboxylic acids is 2. The first-order chi connectivity index (χ1) is 12.5. The fourth-order valence-corrected chi connectivity index (χ4v) is 4.19. The molecule has 0 radical (unpaired) electrons. The number of halogens is 2. The van der Waals surface area contributed by atoms with Gasteiger partial charge in [-0.2, -0.15) is 0 Å². The maximum atomic E-state index is 12.6. The van der Waals surface area contributed by atoms with Gasteiger partial charge in [0.05, 0.1) is 23.4 Å². The van der Waals surface area contributed by atoms with E-state index >= 15 is 0 Å². The van der Waals surface area contributed by atoms with Crippen LogP contribution in [0.2, 0.25) is 0 Å². The molecule has 0 aliphatic carbocycles.